The van der Waals surface area contributed by atoms with E-state index in [-0.39, 0.29) is 0 Å². The maximum absolute atomic E-state index is 3.43. The molecule has 0 radical (unpaired) electrons. The van der Waals surface area contributed by atoms with Crippen molar-refractivity contribution >= 4 is 5.69 Å². The minimum Gasteiger partial charge on any atom is -0.373 e. The fraction of sp³-hybridized carbons (Fsp3) is 0.571. The minimum absolute atomic E-state index is 0.645. The van der Waals surface area contributed by atoms with Gasteiger partial charge in [0.15, 0.2) is 0 Å². The molecule has 1 aromatic rings. The van der Waals surface area contributed by atoms with Gasteiger partial charge in [-0.15, -0.1) is 0 Å². The van der Waals surface area contributed by atoms with Crippen LogP contribution in [-0.4, -0.2) is 26.7 Å². The second-order valence-electron chi connectivity index (χ2n) is 4.95. The molecule has 88 valence electrons. The summed E-state index contributed by atoms with van der Waals surface area (Å²) in [4.78, 5) is 2.35. The molecule has 0 saturated heterocycles. The van der Waals surface area contributed by atoms with Crippen LogP contribution in [0.3, 0.4) is 0 Å². The molecule has 2 heteroatoms. The lowest BCUT2D eigenvalue weighted by molar-refractivity contribution is 0.503. The topological polar surface area (TPSA) is 15.3 Å². The van der Waals surface area contributed by atoms with Gasteiger partial charge in [0.2, 0.25) is 0 Å². The zero-order valence-corrected chi connectivity index (χ0v) is 10.5. The number of aryl methyl sites for hydroxylation is 1. The highest BCUT2D eigenvalue weighted by Gasteiger charge is 2.30. The summed E-state index contributed by atoms with van der Waals surface area (Å²) in [7, 11) is 4.25. The van der Waals surface area contributed by atoms with Crippen LogP contribution < -0.4 is 10.2 Å². The molecule has 0 aromatic heterocycles. The quantitative estimate of drug-likeness (QED) is 0.816. The van der Waals surface area contributed by atoms with Crippen LogP contribution in [0.25, 0.3) is 0 Å². The van der Waals surface area contributed by atoms with E-state index in [0.717, 1.165) is 12.5 Å². The van der Waals surface area contributed by atoms with Crippen LogP contribution in [0.2, 0.25) is 0 Å². The Kier molecular flexibility index (Phi) is 3.49. The summed E-state index contributed by atoms with van der Waals surface area (Å²) in [6.07, 6.45) is 2.79. The number of anilines is 1. The van der Waals surface area contributed by atoms with Crippen molar-refractivity contribution < 1.29 is 0 Å². The van der Waals surface area contributed by atoms with Crippen molar-refractivity contribution in [2.75, 3.05) is 25.5 Å². The first kappa shape index (κ1) is 11.5. The Hall–Kier alpha value is -1.02. The molecule has 1 aromatic carbocycles. The summed E-state index contributed by atoms with van der Waals surface area (Å²) in [5, 5.41) is 3.43. The molecule has 1 aliphatic carbocycles. The molecule has 1 unspecified atom stereocenters. The lowest BCUT2D eigenvalue weighted by Crippen LogP contribution is -2.39. The molecule has 1 N–H and O–H groups in total. The summed E-state index contributed by atoms with van der Waals surface area (Å²) in [6, 6.07) is 9.41. The third kappa shape index (κ3) is 2.76. The largest absolute Gasteiger partial charge is 0.373 e. The first-order chi connectivity index (χ1) is 7.70. The maximum atomic E-state index is 3.43. The average Bonchev–Trinajstić information content (AvgIpc) is 3.10. The first-order valence-electron chi connectivity index (χ1n) is 6.16. The van der Waals surface area contributed by atoms with Gasteiger partial charge in [0.25, 0.3) is 0 Å². The van der Waals surface area contributed by atoms with Crippen molar-refractivity contribution in [1.82, 2.24) is 5.32 Å². The Labute approximate surface area is 98.7 Å². The van der Waals surface area contributed by atoms with Gasteiger partial charge < -0.3 is 10.2 Å². The number of hydrogen-bond donors (Lipinski definition) is 1. The Morgan fingerprint density at radius 2 is 1.94 bits per heavy atom. The highest BCUT2D eigenvalue weighted by molar-refractivity contribution is 5.46. The van der Waals surface area contributed by atoms with Crippen molar-refractivity contribution in [3.63, 3.8) is 0 Å². The van der Waals surface area contributed by atoms with Gasteiger partial charge in [-0.1, -0.05) is 17.7 Å². The molecule has 0 bridgehead atoms. The second-order valence-corrected chi connectivity index (χ2v) is 4.95. The number of hydrogen-bond acceptors (Lipinski definition) is 2. The number of nitrogens with one attached hydrogen (secondary N) is 1. The van der Waals surface area contributed by atoms with Crippen LogP contribution >= 0.6 is 0 Å². The molecular weight excluding hydrogens is 196 g/mol. The normalized spacial score (nSPS) is 17.2. The standard InChI is InChI=1S/C14H22N2/c1-11-4-8-13(9-5-11)16(3)10-14(15-2)12-6-7-12/h4-5,8-9,12,14-15H,6-7,10H2,1-3H3. The monoisotopic (exact) mass is 218 g/mol. The van der Waals surface area contributed by atoms with Crippen molar-refractivity contribution in [3.8, 4) is 0 Å². The molecule has 2 nitrogen and oxygen atoms in total. The molecule has 1 saturated carbocycles. The Balaban J connectivity index is 1.95. The summed E-state index contributed by atoms with van der Waals surface area (Å²) in [5.74, 6) is 0.901. The summed E-state index contributed by atoms with van der Waals surface area (Å²) < 4.78 is 0. The predicted octanol–water partition coefficient (Wildman–Crippen LogP) is 2.43. The number of rotatable bonds is 5. The highest BCUT2D eigenvalue weighted by atomic mass is 15.1. The van der Waals surface area contributed by atoms with Crippen LogP contribution in [0, 0.1) is 12.8 Å². The Morgan fingerprint density at radius 1 is 1.31 bits per heavy atom. The number of nitrogens with zero attached hydrogens (tertiary/aromatic N) is 1. The van der Waals surface area contributed by atoms with E-state index in [1.807, 2.05) is 0 Å². The van der Waals surface area contributed by atoms with E-state index in [1.54, 1.807) is 0 Å². The molecule has 2 rings (SSSR count). The highest BCUT2D eigenvalue weighted by Crippen LogP contribution is 2.33. The molecule has 1 aliphatic rings. The van der Waals surface area contributed by atoms with Gasteiger partial charge in [0.05, 0.1) is 0 Å². The molecule has 1 atom stereocenters. The third-order valence-electron chi connectivity index (χ3n) is 3.51. The molecular formula is C14H22N2. The molecule has 0 spiro atoms. The van der Waals surface area contributed by atoms with Gasteiger partial charge in [-0.3, -0.25) is 0 Å². The second kappa shape index (κ2) is 4.88. The van der Waals surface area contributed by atoms with Gasteiger partial charge in [-0.2, -0.15) is 0 Å². The number of benzene rings is 1. The lowest BCUT2D eigenvalue weighted by Gasteiger charge is -2.25. The van der Waals surface area contributed by atoms with Gasteiger partial charge in [-0.25, -0.2) is 0 Å². The van der Waals surface area contributed by atoms with Gasteiger partial charge in [0.1, 0.15) is 0 Å². The number of likely N-dealkylation sites (N-methyl/N-ethyl adjacent to an activating group) is 2. The van der Waals surface area contributed by atoms with Gasteiger partial charge in [0, 0.05) is 25.3 Å². The van der Waals surface area contributed by atoms with Crippen molar-refractivity contribution in [2.24, 2.45) is 5.92 Å². The van der Waals surface area contributed by atoms with Crippen molar-refractivity contribution in [1.29, 1.82) is 0 Å². The summed E-state index contributed by atoms with van der Waals surface area (Å²) >= 11 is 0. The molecule has 1 fully saturated rings. The van der Waals surface area contributed by atoms with E-state index >= 15 is 0 Å². The fourth-order valence-corrected chi connectivity index (χ4v) is 2.17. The van der Waals surface area contributed by atoms with E-state index < -0.39 is 0 Å². The summed E-state index contributed by atoms with van der Waals surface area (Å²) in [6.45, 7) is 3.23. The Morgan fingerprint density at radius 3 is 2.44 bits per heavy atom. The van der Waals surface area contributed by atoms with E-state index in [9.17, 15) is 0 Å². The van der Waals surface area contributed by atoms with Crippen molar-refractivity contribution in [2.45, 2.75) is 25.8 Å². The summed E-state index contributed by atoms with van der Waals surface area (Å²) in [5.41, 5.74) is 2.64. The van der Waals surface area contributed by atoms with Crippen LogP contribution in [0.4, 0.5) is 5.69 Å². The molecule has 0 heterocycles. The SMILES string of the molecule is CNC(CN(C)c1ccc(C)cc1)C1CC1. The van der Waals surface area contributed by atoms with Gasteiger partial charge >= 0.3 is 0 Å². The van der Waals surface area contributed by atoms with Crippen LogP contribution in [0.15, 0.2) is 24.3 Å². The molecule has 0 amide bonds. The van der Waals surface area contributed by atoms with Crippen LogP contribution in [-0.2, 0) is 0 Å². The smallest absolute Gasteiger partial charge is 0.0364 e. The van der Waals surface area contributed by atoms with E-state index in [0.29, 0.717) is 6.04 Å². The van der Waals surface area contributed by atoms with E-state index in [1.165, 1.54) is 24.1 Å². The third-order valence-corrected chi connectivity index (χ3v) is 3.51. The average molecular weight is 218 g/mol. The molecule has 16 heavy (non-hydrogen) atoms. The molecule has 0 aliphatic heterocycles. The lowest BCUT2D eigenvalue weighted by atomic mass is 10.1. The van der Waals surface area contributed by atoms with Crippen molar-refractivity contribution in [3.05, 3.63) is 29.8 Å². The first-order valence-corrected chi connectivity index (χ1v) is 6.16. The fourth-order valence-electron chi connectivity index (χ4n) is 2.17. The van der Waals surface area contributed by atoms with Crippen LogP contribution in [0.5, 0.6) is 0 Å². The van der Waals surface area contributed by atoms with E-state index in [4.69, 9.17) is 0 Å². The minimum atomic E-state index is 0.645. The zero-order valence-electron chi connectivity index (χ0n) is 10.5. The van der Waals surface area contributed by atoms with Crippen LogP contribution in [0.1, 0.15) is 18.4 Å². The Bertz CT molecular complexity index is 327. The maximum Gasteiger partial charge on any atom is 0.0364 e. The van der Waals surface area contributed by atoms with Gasteiger partial charge in [-0.05, 0) is 44.9 Å². The van der Waals surface area contributed by atoms with E-state index in [2.05, 4.69) is 55.5 Å². The zero-order chi connectivity index (χ0) is 11.5. The predicted molar refractivity (Wildman–Crippen MR) is 70.0 cm³/mol.